The molecule has 4 nitrogen and oxygen atoms in total. The molecule has 5 heteroatoms. The number of halogens is 1. The van der Waals surface area contributed by atoms with E-state index in [0.717, 1.165) is 18.7 Å². The van der Waals surface area contributed by atoms with Crippen molar-refractivity contribution in [1.29, 1.82) is 0 Å². The first-order chi connectivity index (χ1) is 8.08. The molecule has 0 saturated carbocycles. The van der Waals surface area contributed by atoms with Crippen molar-refractivity contribution in [1.82, 2.24) is 10.3 Å². The highest BCUT2D eigenvalue weighted by Crippen LogP contribution is 2.23. The maximum atomic E-state index is 12.1. The maximum absolute atomic E-state index is 12.1. The highest BCUT2D eigenvalue weighted by atomic mass is 35.5. The van der Waals surface area contributed by atoms with Crippen molar-refractivity contribution in [2.45, 2.75) is 13.8 Å². The van der Waals surface area contributed by atoms with Crippen LogP contribution < -0.4 is 10.6 Å². The minimum absolute atomic E-state index is 0.00609. The Morgan fingerprint density at radius 1 is 1.59 bits per heavy atom. The summed E-state index contributed by atoms with van der Waals surface area (Å²) < 4.78 is 0. The Bertz CT molecular complexity index is 436. The van der Waals surface area contributed by atoms with Crippen LogP contribution in [0.25, 0.3) is 0 Å². The fraction of sp³-hybridized carbons (Fsp3) is 0.500. The minimum atomic E-state index is 0.00609. The molecule has 1 amide bonds. The molecule has 0 radical (unpaired) electrons. The zero-order valence-corrected chi connectivity index (χ0v) is 10.7. The van der Waals surface area contributed by atoms with Crippen LogP contribution in [0.3, 0.4) is 0 Å². The molecule has 0 aliphatic carbocycles. The molecule has 1 aliphatic heterocycles. The van der Waals surface area contributed by atoms with Crippen molar-refractivity contribution in [2.75, 3.05) is 18.4 Å². The van der Waals surface area contributed by atoms with Gasteiger partial charge >= 0.3 is 0 Å². The molecule has 0 bridgehead atoms. The number of nitrogens with zero attached hydrogens (tertiary/aromatic N) is 1. The second kappa shape index (κ2) is 5.02. The summed E-state index contributed by atoms with van der Waals surface area (Å²) in [6.45, 7) is 5.60. The number of hydrogen-bond donors (Lipinski definition) is 2. The van der Waals surface area contributed by atoms with Crippen molar-refractivity contribution < 1.29 is 4.79 Å². The Morgan fingerprint density at radius 2 is 2.35 bits per heavy atom. The van der Waals surface area contributed by atoms with E-state index in [4.69, 9.17) is 11.6 Å². The summed E-state index contributed by atoms with van der Waals surface area (Å²) in [6, 6.07) is 1.83. The van der Waals surface area contributed by atoms with E-state index >= 15 is 0 Å². The Morgan fingerprint density at radius 3 is 3.00 bits per heavy atom. The van der Waals surface area contributed by atoms with Gasteiger partial charge in [-0.25, -0.2) is 4.98 Å². The quantitative estimate of drug-likeness (QED) is 0.791. The first-order valence-corrected chi connectivity index (χ1v) is 6.09. The van der Waals surface area contributed by atoms with E-state index in [9.17, 15) is 4.79 Å². The van der Waals surface area contributed by atoms with E-state index in [1.54, 1.807) is 6.20 Å². The summed E-state index contributed by atoms with van der Waals surface area (Å²) >= 11 is 5.94. The lowest BCUT2D eigenvalue weighted by molar-refractivity contribution is -0.120. The van der Waals surface area contributed by atoms with E-state index in [-0.39, 0.29) is 11.8 Å². The molecule has 17 heavy (non-hydrogen) atoms. The number of aryl methyl sites for hydroxylation is 1. The number of hydrogen-bond acceptors (Lipinski definition) is 3. The number of nitrogens with one attached hydrogen (secondary N) is 2. The van der Waals surface area contributed by atoms with E-state index < -0.39 is 0 Å². The van der Waals surface area contributed by atoms with Crippen molar-refractivity contribution in [2.24, 2.45) is 11.8 Å². The number of aromatic nitrogens is 1. The number of amides is 1. The third-order valence-corrected chi connectivity index (χ3v) is 3.39. The number of pyridine rings is 1. The third-order valence-electron chi connectivity index (χ3n) is 3.09. The molecule has 2 N–H and O–H groups in total. The van der Waals surface area contributed by atoms with Crippen LogP contribution in [0.4, 0.5) is 5.69 Å². The average Bonchev–Trinajstić information content (AvgIpc) is 2.70. The molecule has 2 unspecified atom stereocenters. The molecular weight excluding hydrogens is 238 g/mol. The molecule has 0 aromatic carbocycles. The minimum Gasteiger partial charge on any atom is -0.323 e. The van der Waals surface area contributed by atoms with Gasteiger partial charge in [-0.3, -0.25) is 4.79 Å². The fourth-order valence-corrected chi connectivity index (χ4v) is 2.18. The van der Waals surface area contributed by atoms with Gasteiger partial charge in [-0.15, -0.1) is 0 Å². The molecule has 1 saturated heterocycles. The second-order valence-corrected chi connectivity index (χ2v) is 4.94. The van der Waals surface area contributed by atoms with Gasteiger partial charge in [0, 0.05) is 12.7 Å². The predicted molar refractivity (Wildman–Crippen MR) is 68.1 cm³/mol. The molecule has 2 heterocycles. The van der Waals surface area contributed by atoms with Crippen LogP contribution in [-0.2, 0) is 4.79 Å². The first kappa shape index (κ1) is 12.3. The Kier molecular flexibility index (Phi) is 3.64. The highest BCUT2D eigenvalue weighted by Gasteiger charge is 2.29. The standard InChI is InChI=1S/C12H16ClN3O/c1-7-3-10(11(13)15-4-7)16-12(17)9-6-14-5-8(9)2/h3-4,8-9,14H,5-6H2,1-2H3,(H,16,17). The van der Waals surface area contributed by atoms with Gasteiger partial charge in [-0.05, 0) is 31.0 Å². The van der Waals surface area contributed by atoms with E-state index in [1.807, 2.05) is 13.0 Å². The molecule has 2 atom stereocenters. The van der Waals surface area contributed by atoms with Crippen LogP contribution in [-0.4, -0.2) is 24.0 Å². The summed E-state index contributed by atoms with van der Waals surface area (Å²) in [6.07, 6.45) is 1.68. The zero-order valence-electron chi connectivity index (χ0n) is 9.96. The van der Waals surface area contributed by atoms with Crippen LogP contribution in [0.1, 0.15) is 12.5 Å². The van der Waals surface area contributed by atoms with E-state index in [1.165, 1.54) is 0 Å². The summed E-state index contributed by atoms with van der Waals surface area (Å²) in [4.78, 5) is 16.1. The average molecular weight is 254 g/mol. The van der Waals surface area contributed by atoms with E-state index in [0.29, 0.717) is 16.8 Å². The van der Waals surface area contributed by atoms with Crippen LogP contribution in [0, 0.1) is 18.8 Å². The van der Waals surface area contributed by atoms with Gasteiger partial charge in [0.05, 0.1) is 11.6 Å². The summed E-state index contributed by atoms with van der Waals surface area (Å²) in [5, 5.41) is 6.39. The van der Waals surface area contributed by atoms with Crippen LogP contribution in [0.2, 0.25) is 5.15 Å². The molecule has 1 aromatic rings. The summed E-state index contributed by atoms with van der Waals surface area (Å²) in [7, 11) is 0. The number of anilines is 1. The second-order valence-electron chi connectivity index (χ2n) is 4.58. The molecule has 1 aromatic heterocycles. The maximum Gasteiger partial charge on any atom is 0.229 e. The van der Waals surface area contributed by atoms with Gasteiger partial charge in [0.2, 0.25) is 5.91 Å². The normalized spacial score (nSPS) is 23.7. The Labute approximate surface area is 106 Å². The monoisotopic (exact) mass is 253 g/mol. The molecule has 92 valence electrons. The topological polar surface area (TPSA) is 54.0 Å². The van der Waals surface area contributed by atoms with E-state index in [2.05, 4.69) is 22.5 Å². The third kappa shape index (κ3) is 2.76. The molecule has 0 spiro atoms. The smallest absolute Gasteiger partial charge is 0.229 e. The summed E-state index contributed by atoms with van der Waals surface area (Å²) in [5.41, 5.74) is 1.57. The lowest BCUT2D eigenvalue weighted by Gasteiger charge is -2.14. The number of carbonyl (C=O) groups excluding carboxylic acids is 1. The highest BCUT2D eigenvalue weighted by molar-refractivity contribution is 6.32. The van der Waals surface area contributed by atoms with Crippen LogP contribution >= 0.6 is 11.6 Å². The lowest BCUT2D eigenvalue weighted by Crippen LogP contribution is -2.28. The van der Waals surface area contributed by atoms with Gasteiger partial charge in [0.1, 0.15) is 0 Å². The molecule has 2 rings (SSSR count). The molecule has 1 fully saturated rings. The van der Waals surface area contributed by atoms with Crippen molar-refractivity contribution >= 4 is 23.2 Å². The Hall–Kier alpha value is -1.13. The largest absolute Gasteiger partial charge is 0.323 e. The fourth-order valence-electron chi connectivity index (χ4n) is 2.03. The van der Waals surface area contributed by atoms with Gasteiger partial charge in [0.25, 0.3) is 0 Å². The van der Waals surface area contributed by atoms with Gasteiger partial charge in [-0.1, -0.05) is 18.5 Å². The van der Waals surface area contributed by atoms with Crippen molar-refractivity contribution in [3.05, 3.63) is 23.0 Å². The van der Waals surface area contributed by atoms with Gasteiger partial charge in [0.15, 0.2) is 5.15 Å². The molecular formula is C12H16ClN3O. The van der Waals surface area contributed by atoms with Crippen LogP contribution in [0.15, 0.2) is 12.3 Å². The lowest BCUT2D eigenvalue weighted by atomic mass is 9.97. The number of rotatable bonds is 2. The first-order valence-electron chi connectivity index (χ1n) is 5.71. The summed E-state index contributed by atoms with van der Waals surface area (Å²) in [5.74, 6) is 0.370. The van der Waals surface area contributed by atoms with Crippen LogP contribution in [0.5, 0.6) is 0 Å². The SMILES string of the molecule is Cc1cnc(Cl)c(NC(=O)C2CNCC2C)c1. The van der Waals surface area contributed by atoms with Crippen molar-refractivity contribution in [3.8, 4) is 0 Å². The zero-order chi connectivity index (χ0) is 12.4. The van der Waals surface area contributed by atoms with Gasteiger partial charge < -0.3 is 10.6 Å². The van der Waals surface area contributed by atoms with Gasteiger partial charge in [-0.2, -0.15) is 0 Å². The van der Waals surface area contributed by atoms with Crippen molar-refractivity contribution in [3.63, 3.8) is 0 Å². The molecule has 1 aliphatic rings. The predicted octanol–water partition coefficient (Wildman–Crippen LogP) is 1.84. The Balaban J connectivity index is 2.10. The number of carbonyl (C=O) groups is 1.